The summed E-state index contributed by atoms with van der Waals surface area (Å²) in [4.78, 5) is 11.5. The minimum absolute atomic E-state index is 0.231. The highest BCUT2D eigenvalue weighted by Gasteiger charge is 2.13. The summed E-state index contributed by atoms with van der Waals surface area (Å²) >= 11 is 3.22. The van der Waals surface area contributed by atoms with Crippen molar-refractivity contribution in [2.75, 3.05) is 19.0 Å². The van der Waals surface area contributed by atoms with Crippen LogP contribution in [0.1, 0.15) is 15.9 Å². The first-order valence-electron chi connectivity index (χ1n) is 4.35. The summed E-state index contributed by atoms with van der Waals surface area (Å²) in [5.41, 5.74) is 7.17. The lowest BCUT2D eigenvalue weighted by atomic mass is 10.1. The summed E-state index contributed by atoms with van der Waals surface area (Å²) < 4.78 is 17.2. The zero-order chi connectivity index (χ0) is 11.4. The molecule has 0 aliphatic carbocycles. The average Bonchev–Trinajstić information content (AvgIpc) is 2.19. The Bertz CT molecular complexity index is 382. The molecule has 2 N–H and O–H groups in total. The van der Waals surface area contributed by atoms with Crippen LogP contribution in [0.25, 0.3) is 0 Å². The van der Waals surface area contributed by atoms with Crippen molar-refractivity contribution in [2.45, 2.75) is 6.92 Å². The number of nitrogens with two attached hydrogens (primary N) is 1. The van der Waals surface area contributed by atoms with E-state index in [0.717, 1.165) is 0 Å². The van der Waals surface area contributed by atoms with Crippen molar-refractivity contribution in [3.8, 4) is 0 Å². The van der Waals surface area contributed by atoms with Crippen LogP contribution in [0.15, 0.2) is 16.6 Å². The quantitative estimate of drug-likeness (QED) is 0.681. The normalized spacial score (nSPS) is 10.1. The summed E-state index contributed by atoms with van der Waals surface area (Å²) in [7, 11) is 0. The summed E-state index contributed by atoms with van der Waals surface area (Å²) in [6, 6.07) is 3.30. The number of carbonyl (C=O) groups excluding carboxylic acids is 1. The molecule has 0 aliphatic heterocycles. The Balaban J connectivity index is 2.98. The maximum absolute atomic E-state index is 11.8. The zero-order valence-corrected chi connectivity index (χ0v) is 9.80. The molecule has 0 bridgehead atoms. The van der Waals surface area contributed by atoms with Crippen molar-refractivity contribution in [1.82, 2.24) is 0 Å². The largest absolute Gasteiger partial charge is 0.459 e. The van der Waals surface area contributed by atoms with E-state index in [0.29, 0.717) is 21.3 Å². The molecule has 0 atom stereocenters. The second-order valence-electron chi connectivity index (χ2n) is 2.99. The molecule has 3 nitrogen and oxygen atoms in total. The van der Waals surface area contributed by atoms with Gasteiger partial charge in [0.05, 0.1) is 5.56 Å². The highest BCUT2D eigenvalue weighted by atomic mass is 79.9. The van der Waals surface area contributed by atoms with Crippen LogP contribution in [0.3, 0.4) is 0 Å². The lowest BCUT2D eigenvalue weighted by molar-refractivity contribution is 0.0480. The number of anilines is 1. The lowest BCUT2D eigenvalue weighted by Gasteiger charge is -2.08. The van der Waals surface area contributed by atoms with Crippen molar-refractivity contribution < 1.29 is 13.9 Å². The van der Waals surface area contributed by atoms with Gasteiger partial charge in [0, 0.05) is 10.2 Å². The Labute approximate surface area is 95.5 Å². The van der Waals surface area contributed by atoms with Crippen LogP contribution in [-0.4, -0.2) is 19.3 Å². The van der Waals surface area contributed by atoms with E-state index in [1.807, 2.05) is 0 Å². The third-order valence-electron chi connectivity index (χ3n) is 1.94. The highest BCUT2D eigenvalue weighted by molar-refractivity contribution is 9.10. The van der Waals surface area contributed by atoms with E-state index in [1.54, 1.807) is 19.1 Å². The first-order valence-corrected chi connectivity index (χ1v) is 5.14. The van der Waals surface area contributed by atoms with Gasteiger partial charge in [0.2, 0.25) is 0 Å². The predicted octanol–water partition coefficient (Wildman–Crippen LogP) is 2.47. The maximum Gasteiger partial charge on any atom is 0.338 e. The van der Waals surface area contributed by atoms with Gasteiger partial charge < -0.3 is 10.5 Å². The molecule has 0 fully saturated rings. The Morgan fingerprint density at radius 3 is 2.87 bits per heavy atom. The van der Waals surface area contributed by atoms with Crippen molar-refractivity contribution in [2.24, 2.45) is 0 Å². The van der Waals surface area contributed by atoms with E-state index < -0.39 is 12.6 Å². The molecule has 0 saturated carbocycles. The molecule has 0 spiro atoms. The van der Waals surface area contributed by atoms with Gasteiger partial charge in [0.1, 0.15) is 13.3 Å². The molecule has 0 heterocycles. The molecule has 0 radical (unpaired) electrons. The molecule has 0 aromatic heterocycles. The molecule has 1 aromatic rings. The van der Waals surface area contributed by atoms with Gasteiger partial charge in [-0.05, 0) is 24.6 Å². The molecule has 0 saturated heterocycles. The number of ether oxygens (including phenoxy) is 1. The smallest absolute Gasteiger partial charge is 0.338 e. The van der Waals surface area contributed by atoms with E-state index in [1.165, 1.54) is 0 Å². The van der Waals surface area contributed by atoms with Gasteiger partial charge in [-0.2, -0.15) is 0 Å². The van der Waals surface area contributed by atoms with Crippen LogP contribution in [0, 0.1) is 6.92 Å². The van der Waals surface area contributed by atoms with E-state index in [4.69, 9.17) is 5.73 Å². The van der Waals surface area contributed by atoms with Crippen LogP contribution >= 0.6 is 15.9 Å². The minimum Gasteiger partial charge on any atom is -0.459 e. The fraction of sp³-hybridized carbons (Fsp3) is 0.300. The number of halogens is 2. The first-order chi connectivity index (χ1) is 7.06. The molecule has 82 valence electrons. The standard InChI is InChI=1S/C10H11BrFNO2/c1-6-8(10(14)15-3-2-12)4-7(11)5-9(6)13/h4-5H,2-3,13H2,1H3. The van der Waals surface area contributed by atoms with E-state index in [-0.39, 0.29) is 6.61 Å². The molecular weight excluding hydrogens is 265 g/mol. The van der Waals surface area contributed by atoms with Gasteiger partial charge in [0.15, 0.2) is 0 Å². The number of carbonyl (C=O) groups is 1. The molecule has 15 heavy (non-hydrogen) atoms. The second kappa shape index (κ2) is 5.11. The van der Waals surface area contributed by atoms with Gasteiger partial charge in [-0.3, -0.25) is 0 Å². The molecule has 0 unspecified atom stereocenters. The van der Waals surface area contributed by atoms with Crippen LogP contribution in [-0.2, 0) is 4.74 Å². The van der Waals surface area contributed by atoms with E-state index in [2.05, 4.69) is 20.7 Å². The lowest BCUT2D eigenvalue weighted by Crippen LogP contribution is -2.10. The second-order valence-corrected chi connectivity index (χ2v) is 3.91. The summed E-state index contributed by atoms with van der Waals surface area (Å²) in [6.07, 6.45) is 0. The number of benzene rings is 1. The van der Waals surface area contributed by atoms with Gasteiger partial charge in [0.25, 0.3) is 0 Å². The first kappa shape index (κ1) is 12.0. The zero-order valence-electron chi connectivity index (χ0n) is 8.22. The van der Waals surface area contributed by atoms with Crippen LogP contribution < -0.4 is 5.73 Å². The molecular formula is C10H11BrFNO2. The van der Waals surface area contributed by atoms with Crippen molar-refractivity contribution in [1.29, 1.82) is 0 Å². The average molecular weight is 276 g/mol. The Hall–Kier alpha value is -1.10. The minimum atomic E-state index is -0.686. The number of hydrogen-bond acceptors (Lipinski definition) is 3. The van der Waals surface area contributed by atoms with Crippen LogP contribution in [0.4, 0.5) is 10.1 Å². The van der Waals surface area contributed by atoms with Crippen molar-refractivity contribution in [3.05, 3.63) is 27.7 Å². The summed E-state index contributed by atoms with van der Waals surface area (Å²) in [6.45, 7) is 0.798. The predicted molar refractivity (Wildman–Crippen MR) is 59.5 cm³/mol. The third kappa shape index (κ3) is 2.92. The molecule has 1 aromatic carbocycles. The number of nitrogen functional groups attached to an aromatic ring is 1. The van der Waals surface area contributed by atoms with Crippen LogP contribution in [0.5, 0.6) is 0 Å². The summed E-state index contributed by atoms with van der Waals surface area (Å²) in [5.74, 6) is -0.557. The van der Waals surface area contributed by atoms with Gasteiger partial charge in [-0.25, -0.2) is 9.18 Å². The van der Waals surface area contributed by atoms with E-state index in [9.17, 15) is 9.18 Å². The fourth-order valence-electron chi connectivity index (χ4n) is 1.12. The van der Waals surface area contributed by atoms with E-state index >= 15 is 0 Å². The molecule has 5 heteroatoms. The Morgan fingerprint density at radius 1 is 1.60 bits per heavy atom. The fourth-order valence-corrected chi connectivity index (χ4v) is 1.60. The summed E-state index contributed by atoms with van der Waals surface area (Å²) in [5, 5.41) is 0. The number of esters is 1. The number of rotatable bonds is 3. The molecule has 0 aliphatic rings. The third-order valence-corrected chi connectivity index (χ3v) is 2.40. The highest BCUT2D eigenvalue weighted by Crippen LogP contribution is 2.23. The number of hydrogen-bond donors (Lipinski definition) is 1. The Kier molecular flexibility index (Phi) is 4.08. The van der Waals surface area contributed by atoms with Gasteiger partial charge in [-0.1, -0.05) is 15.9 Å². The molecule has 0 amide bonds. The van der Waals surface area contributed by atoms with Gasteiger partial charge >= 0.3 is 5.97 Å². The topological polar surface area (TPSA) is 52.3 Å². The van der Waals surface area contributed by atoms with Crippen molar-refractivity contribution in [3.63, 3.8) is 0 Å². The Morgan fingerprint density at radius 2 is 2.27 bits per heavy atom. The van der Waals surface area contributed by atoms with Gasteiger partial charge in [-0.15, -0.1) is 0 Å². The molecule has 1 rings (SSSR count). The van der Waals surface area contributed by atoms with Crippen LogP contribution in [0.2, 0.25) is 0 Å². The van der Waals surface area contributed by atoms with Crippen molar-refractivity contribution >= 4 is 27.6 Å². The number of alkyl halides is 1. The monoisotopic (exact) mass is 275 g/mol. The SMILES string of the molecule is Cc1c(N)cc(Br)cc1C(=O)OCCF. The maximum atomic E-state index is 11.8.